The highest BCUT2D eigenvalue weighted by Gasteiger charge is 2.31. The van der Waals surface area contributed by atoms with Crippen LogP contribution in [-0.2, 0) is 14.8 Å². The van der Waals surface area contributed by atoms with Gasteiger partial charge in [0.05, 0.1) is 58.9 Å². The van der Waals surface area contributed by atoms with Crippen LogP contribution in [0.25, 0.3) is 0 Å². The van der Waals surface area contributed by atoms with E-state index in [2.05, 4.69) is 5.32 Å². The van der Waals surface area contributed by atoms with Crippen LogP contribution in [0, 0.1) is 0 Å². The van der Waals surface area contributed by atoms with Gasteiger partial charge < -0.3 is 33.7 Å². The minimum absolute atomic E-state index is 0.0958. The van der Waals surface area contributed by atoms with Gasteiger partial charge in [-0.1, -0.05) is 0 Å². The molecule has 38 heavy (non-hydrogen) atoms. The number of amides is 1. The third-order valence-corrected chi connectivity index (χ3v) is 7.32. The smallest absolute Gasteiger partial charge is 0.265 e. The number of benzene rings is 3. The van der Waals surface area contributed by atoms with Gasteiger partial charge in [0.2, 0.25) is 5.91 Å². The molecule has 0 aliphatic carbocycles. The van der Waals surface area contributed by atoms with Crippen LogP contribution in [0.1, 0.15) is 0 Å². The maximum absolute atomic E-state index is 14.0. The molecule has 0 fully saturated rings. The van der Waals surface area contributed by atoms with E-state index in [9.17, 15) is 13.2 Å². The van der Waals surface area contributed by atoms with Crippen molar-refractivity contribution in [2.24, 2.45) is 0 Å². The molecule has 1 amide bonds. The molecule has 3 aromatic carbocycles. The topological polar surface area (TPSA) is 122 Å². The van der Waals surface area contributed by atoms with Gasteiger partial charge in [-0.3, -0.25) is 9.10 Å². The first kappa shape index (κ1) is 28.3. The number of carbonyl (C=O) groups excluding carboxylic acids is 1. The first-order chi connectivity index (χ1) is 18.2. The lowest BCUT2D eigenvalue weighted by molar-refractivity contribution is -0.114. The molecule has 0 atom stereocenters. The van der Waals surface area contributed by atoms with E-state index in [0.717, 1.165) is 4.31 Å². The summed E-state index contributed by atoms with van der Waals surface area (Å²) in [4.78, 5) is 13.1. The Hall–Kier alpha value is -4.32. The fraction of sp³-hybridized carbons (Fsp3) is 0.269. The summed E-state index contributed by atoms with van der Waals surface area (Å²) >= 11 is 0. The number of hydrogen-bond donors (Lipinski definition) is 1. The SMILES string of the molecule is COc1ccc(NC(=O)CN(c2cc(OC)ccc2OC)S(=O)(=O)c2ccc(OC)c(OC)c2)c(OC)c1. The number of nitrogens with zero attached hydrogens (tertiary/aromatic N) is 1. The molecule has 12 heteroatoms. The molecule has 0 radical (unpaired) electrons. The lowest BCUT2D eigenvalue weighted by Gasteiger charge is -2.26. The lowest BCUT2D eigenvalue weighted by Crippen LogP contribution is -2.38. The summed E-state index contributed by atoms with van der Waals surface area (Å²) in [6, 6.07) is 13.6. The second kappa shape index (κ2) is 12.3. The maximum Gasteiger partial charge on any atom is 0.265 e. The van der Waals surface area contributed by atoms with Crippen LogP contribution < -0.4 is 38.0 Å². The van der Waals surface area contributed by atoms with Gasteiger partial charge in [-0.25, -0.2) is 8.42 Å². The number of anilines is 2. The summed E-state index contributed by atoms with van der Waals surface area (Å²) in [5.41, 5.74) is 0.429. The summed E-state index contributed by atoms with van der Waals surface area (Å²) in [6.07, 6.45) is 0. The fourth-order valence-electron chi connectivity index (χ4n) is 3.62. The van der Waals surface area contributed by atoms with E-state index in [-0.39, 0.29) is 22.1 Å². The Labute approximate surface area is 221 Å². The number of ether oxygens (including phenoxy) is 6. The highest BCUT2D eigenvalue weighted by molar-refractivity contribution is 7.92. The Kier molecular flexibility index (Phi) is 9.13. The number of nitrogens with one attached hydrogen (secondary N) is 1. The van der Waals surface area contributed by atoms with E-state index < -0.39 is 22.5 Å². The average Bonchev–Trinajstić information content (AvgIpc) is 2.95. The average molecular weight is 547 g/mol. The molecule has 0 saturated carbocycles. The zero-order valence-electron chi connectivity index (χ0n) is 21.9. The number of carbonyl (C=O) groups is 1. The van der Waals surface area contributed by atoms with Crippen molar-refractivity contribution < 1.29 is 41.6 Å². The Morgan fingerprint density at radius 1 is 0.684 bits per heavy atom. The standard InChI is InChI=1S/C26H30N2O9S/c1-32-17-8-11-22(34-3)21(13-17)28(38(30,31)19-9-12-23(35-4)25(15-19)37-6)16-26(29)27-20-10-7-18(33-2)14-24(20)36-5/h7-15H,16H2,1-6H3,(H,27,29). The van der Waals surface area contributed by atoms with Crippen molar-refractivity contribution in [2.75, 3.05) is 58.8 Å². The maximum atomic E-state index is 14.0. The fourth-order valence-corrected chi connectivity index (χ4v) is 5.06. The van der Waals surface area contributed by atoms with E-state index in [4.69, 9.17) is 28.4 Å². The van der Waals surface area contributed by atoms with Gasteiger partial charge in [0.15, 0.2) is 11.5 Å². The molecule has 1 N–H and O–H groups in total. The zero-order chi connectivity index (χ0) is 27.9. The Morgan fingerprint density at radius 2 is 1.26 bits per heavy atom. The molecular weight excluding hydrogens is 516 g/mol. The van der Waals surface area contributed by atoms with E-state index in [1.54, 1.807) is 30.3 Å². The molecule has 0 spiro atoms. The molecule has 0 heterocycles. The van der Waals surface area contributed by atoms with E-state index in [1.807, 2.05) is 0 Å². The molecule has 0 bridgehead atoms. The van der Waals surface area contributed by atoms with Crippen LogP contribution in [0.3, 0.4) is 0 Å². The predicted octanol–water partition coefficient (Wildman–Crippen LogP) is 3.57. The second-order valence-corrected chi connectivity index (χ2v) is 9.54. The van der Waals surface area contributed by atoms with Crippen molar-refractivity contribution in [1.29, 1.82) is 0 Å². The molecule has 0 saturated heterocycles. The van der Waals surface area contributed by atoms with Crippen LogP contribution in [0.2, 0.25) is 0 Å². The quantitative estimate of drug-likeness (QED) is 0.363. The number of hydrogen-bond acceptors (Lipinski definition) is 9. The number of rotatable bonds is 12. The molecule has 204 valence electrons. The Bertz CT molecular complexity index is 1390. The van der Waals surface area contributed by atoms with Crippen molar-refractivity contribution in [3.8, 4) is 34.5 Å². The highest BCUT2D eigenvalue weighted by atomic mass is 32.2. The summed E-state index contributed by atoms with van der Waals surface area (Å²) in [5, 5.41) is 2.70. The molecule has 0 aromatic heterocycles. The van der Waals surface area contributed by atoms with Crippen LogP contribution in [0.4, 0.5) is 11.4 Å². The molecule has 11 nitrogen and oxygen atoms in total. The Morgan fingerprint density at radius 3 is 1.87 bits per heavy atom. The van der Waals surface area contributed by atoms with Crippen molar-refractivity contribution in [1.82, 2.24) is 0 Å². The highest BCUT2D eigenvalue weighted by Crippen LogP contribution is 2.38. The predicted molar refractivity (Wildman–Crippen MR) is 142 cm³/mol. The van der Waals surface area contributed by atoms with Gasteiger partial charge in [-0.2, -0.15) is 0 Å². The molecule has 0 aliphatic rings. The third kappa shape index (κ3) is 5.97. The summed E-state index contributed by atoms with van der Waals surface area (Å²) in [6.45, 7) is -0.602. The van der Waals surface area contributed by atoms with Crippen molar-refractivity contribution >= 4 is 27.3 Å². The number of sulfonamides is 1. The number of methoxy groups -OCH3 is 6. The molecule has 0 aliphatic heterocycles. The van der Waals surface area contributed by atoms with Gasteiger partial charge in [0.1, 0.15) is 29.5 Å². The van der Waals surface area contributed by atoms with Crippen LogP contribution in [0.5, 0.6) is 34.5 Å². The summed E-state index contributed by atoms with van der Waals surface area (Å²) < 4.78 is 60.7. The molecule has 0 unspecified atom stereocenters. The largest absolute Gasteiger partial charge is 0.497 e. The van der Waals surface area contributed by atoms with E-state index in [0.29, 0.717) is 28.7 Å². The van der Waals surface area contributed by atoms with Gasteiger partial charge in [0, 0.05) is 18.2 Å². The summed E-state index contributed by atoms with van der Waals surface area (Å²) in [7, 11) is 4.30. The van der Waals surface area contributed by atoms with Gasteiger partial charge in [0.25, 0.3) is 10.0 Å². The monoisotopic (exact) mass is 546 g/mol. The van der Waals surface area contributed by atoms with Crippen molar-refractivity contribution in [3.63, 3.8) is 0 Å². The zero-order valence-corrected chi connectivity index (χ0v) is 22.7. The van der Waals surface area contributed by atoms with Crippen LogP contribution >= 0.6 is 0 Å². The molecular formula is C26H30N2O9S. The lowest BCUT2D eigenvalue weighted by atomic mass is 10.2. The minimum Gasteiger partial charge on any atom is -0.497 e. The summed E-state index contributed by atoms with van der Waals surface area (Å²) in [5.74, 6) is 1.36. The van der Waals surface area contributed by atoms with Crippen LogP contribution in [-0.4, -0.2) is 63.5 Å². The first-order valence-corrected chi connectivity index (χ1v) is 12.6. The molecule has 3 rings (SSSR count). The van der Waals surface area contributed by atoms with Gasteiger partial charge in [-0.15, -0.1) is 0 Å². The van der Waals surface area contributed by atoms with E-state index >= 15 is 0 Å². The van der Waals surface area contributed by atoms with Gasteiger partial charge >= 0.3 is 0 Å². The first-order valence-electron chi connectivity index (χ1n) is 11.2. The minimum atomic E-state index is -4.33. The van der Waals surface area contributed by atoms with Crippen molar-refractivity contribution in [3.05, 3.63) is 54.6 Å². The second-order valence-electron chi connectivity index (χ2n) is 7.68. The Balaban J connectivity index is 2.09. The molecule has 3 aromatic rings. The van der Waals surface area contributed by atoms with E-state index in [1.165, 1.54) is 66.9 Å². The third-order valence-electron chi connectivity index (χ3n) is 5.57. The van der Waals surface area contributed by atoms with Crippen LogP contribution in [0.15, 0.2) is 59.5 Å². The normalized spacial score (nSPS) is 10.8. The van der Waals surface area contributed by atoms with Crippen molar-refractivity contribution in [2.45, 2.75) is 4.90 Å². The van der Waals surface area contributed by atoms with Gasteiger partial charge in [-0.05, 0) is 36.4 Å².